The van der Waals surface area contributed by atoms with Gasteiger partial charge >= 0.3 is 0 Å². The number of nitrogens with two attached hydrogens (primary N) is 1. The van der Waals surface area contributed by atoms with E-state index in [0.717, 1.165) is 6.07 Å². The van der Waals surface area contributed by atoms with Gasteiger partial charge in [-0.15, -0.1) is 0 Å². The monoisotopic (exact) mass is 199 g/mol. The number of aromatic hydroxyl groups is 1. The summed E-state index contributed by atoms with van der Waals surface area (Å²) in [6.07, 6.45) is -2.80. The van der Waals surface area contributed by atoms with Crippen LogP contribution in [-0.4, -0.2) is 10.1 Å². The molecule has 3 N–H and O–H groups in total. The highest BCUT2D eigenvalue weighted by Crippen LogP contribution is 2.25. The fourth-order valence-corrected chi connectivity index (χ4v) is 0.992. The van der Waals surface area contributed by atoms with E-state index in [1.54, 1.807) is 0 Å². The van der Waals surface area contributed by atoms with Crippen molar-refractivity contribution in [3.63, 3.8) is 0 Å². The van der Waals surface area contributed by atoms with E-state index in [2.05, 4.69) is 4.98 Å². The topological polar surface area (TPSA) is 82.9 Å². The molecule has 1 rings (SSSR count). The molecule has 0 saturated heterocycles. The lowest BCUT2D eigenvalue weighted by Crippen LogP contribution is -2.05. The molecule has 1 aromatic heterocycles. The van der Waals surface area contributed by atoms with E-state index in [0.29, 0.717) is 0 Å². The first-order chi connectivity index (χ1) is 6.60. The summed E-state index contributed by atoms with van der Waals surface area (Å²) in [6.45, 7) is -0.161. The second-order valence-corrected chi connectivity index (χ2v) is 2.52. The molecule has 0 bridgehead atoms. The fraction of sp³-hybridized carbons (Fsp3) is 0.250. The average Bonchev–Trinajstić information content (AvgIpc) is 2.16. The summed E-state index contributed by atoms with van der Waals surface area (Å²) in [4.78, 5) is 3.32. The lowest BCUT2D eigenvalue weighted by molar-refractivity contribution is 0.144. The van der Waals surface area contributed by atoms with Crippen molar-refractivity contribution in [2.75, 3.05) is 0 Å². The average molecular weight is 199 g/mol. The molecule has 74 valence electrons. The Labute approximate surface area is 78.6 Å². The van der Waals surface area contributed by atoms with Gasteiger partial charge in [-0.1, -0.05) is 0 Å². The van der Waals surface area contributed by atoms with Gasteiger partial charge in [-0.3, -0.25) is 0 Å². The van der Waals surface area contributed by atoms with Crippen molar-refractivity contribution in [3.8, 4) is 11.8 Å². The van der Waals surface area contributed by atoms with E-state index in [-0.39, 0.29) is 12.1 Å². The maximum atomic E-state index is 12.4. The van der Waals surface area contributed by atoms with Crippen LogP contribution in [0.3, 0.4) is 0 Å². The number of nitrogens with zero attached hydrogens (tertiary/aromatic N) is 2. The summed E-state index contributed by atoms with van der Waals surface area (Å²) >= 11 is 0. The summed E-state index contributed by atoms with van der Waals surface area (Å²) in [5, 5.41) is 17.6. The summed E-state index contributed by atoms with van der Waals surface area (Å²) in [7, 11) is 0. The number of halogens is 2. The smallest absolute Gasteiger partial charge is 0.280 e. The molecule has 1 aromatic rings. The van der Waals surface area contributed by atoms with Crippen LogP contribution in [-0.2, 0) is 6.54 Å². The molecule has 0 saturated carbocycles. The Morgan fingerprint density at radius 2 is 2.29 bits per heavy atom. The number of hydrogen-bond acceptors (Lipinski definition) is 4. The predicted octanol–water partition coefficient (Wildman–Crippen LogP) is 1.06. The van der Waals surface area contributed by atoms with Gasteiger partial charge in [-0.2, -0.15) is 5.26 Å². The molecule has 14 heavy (non-hydrogen) atoms. The van der Waals surface area contributed by atoms with Gasteiger partial charge in [-0.05, 0) is 11.6 Å². The van der Waals surface area contributed by atoms with Crippen LogP contribution in [0.2, 0.25) is 0 Å². The van der Waals surface area contributed by atoms with Crippen LogP contribution < -0.4 is 5.73 Å². The van der Waals surface area contributed by atoms with Gasteiger partial charge in [0.2, 0.25) is 0 Å². The highest BCUT2D eigenvalue weighted by atomic mass is 19.3. The summed E-state index contributed by atoms with van der Waals surface area (Å²) in [5.41, 5.74) is 4.25. The van der Waals surface area contributed by atoms with Gasteiger partial charge in [0.25, 0.3) is 6.43 Å². The van der Waals surface area contributed by atoms with Gasteiger partial charge in [-0.25, -0.2) is 13.8 Å². The highest BCUT2D eigenvalue weighted by molar-refractivity contribution is 5.41. The van der Waals surface area contributed by atoms with E-state index in [4.69, 9.17) is 16.1 Å². The van der Waals surface area contributed by atoms with Crippen molar-refractivity contribution in [2.45, 2.75) is 13.0 Å². The van der Waals surface area contributed by atoms with E-state index in [1.165, 1.54) is 6.07 Å². The normalized spacial score (nSPS) is 10.2. The fourth-order valence-electron chi connectivity index (χ4n) is 0.992. The van der Waals surface area contributed by atoms with Gasteiger partial charge < -0.3 is 10.8 Å². The van der Waals surface area contributed by atoms with Crippen LogP contribution in [0.4, 0.5) is 8.78 Å². The third kappa shape index (κ3) is 1.78. The number of alkyl halides is 2. The Bertz CT molecular complexity index is 387. The van der Waals surface area contributed by atoms with E-state index < -0.39 is 23.6 Å². The Morgan fingerprint density at radius 1 is 1.64 bits per heavy atom. The van der Waals surface area contributed by atoms with Crippen LogP contribution >= 0.6 is 0 Å². The minimum absolute atomic E-state index is 0.0384. The zero-order valence-electron chi connectivity index (χ0n) is 7.04. The van der Waals surface area contributed by atoms with Crippen molar-refractivity contribution >= 4 is 0 Å². The molecule has 0 aromatic carbocycles. The van der Waals surface area contributed by atoms with Crippen molar-refractivity contribution in [1.29, 1.82) is 5.26 Å². The van der Waals surface area contributed by atoms with Gasteiger partial charge in [0.05, 0.1) is 0 Å². The second-order valence-electron chi connectivity index (χ2n) is 2.52. The lowest BCUT2D eigenvalue weighted by Gasteiger charge is -2.06. The van der Waals surface area contributed by atoms with Crippen molar-refractivity contribution < 1.29 is 13.9 Å². The minimum atomic E-state index is -2.80. The number of pyridine rings is 1. The number of hydrogen-bond donors (Lipinski definition) is 2. The minimum Gasteiger partial charge on any atom is -0.505 e. The Morgan fingerprint density at radius 3 is 2.71 bits per heavy atom. The Kier molecular flexibility index (Phi) is 2.94. The van der Waals surface area contributed by atoms with Gasteiger partial charge in [0.1, 0.15) is 11.8 Å². The number of aromatic nitrogens is 1. The molecule has 0 aliphatic rings. The van der Waals surface area contributed by atoms with E-state index in [9.17, 15) is 8.78 Å². The molecule has 0 fully saturated rings. The van der Waals surface area contributed by atoms with Crippen molar-refractivity contribution in [3.05, 3.63) is 23.0 Å². The molecule has 0 unspecified atom stereocenters. The zero-order valence-corrected chi connectivity index (χ0v) is 7.04. The molecule has 0 aliphatic carbocycles. The third-order valence-corrected chi connectivity index (χ3v) is 1.65. The van der Waals surface area contributed by atoms with Crippen LogP contribution in [0.25, 0.3) is 0 Å². The van der Waals surface area contributed by atoms with Crippen LogP contribution in [0, 0.1) is 11.3 Å². The Hall–Kier alpha value is -1.74. The van der Waals surface area contributed by atoms with Crippen molar-refractivity contribution in [2.24, 2.45) is 5.73 Å². The van der Waals surface area contributed by atoms with Crippen LogP contribution in [0.15, 0.2) is 6.07 Å². The van der Waals surface area contributed by atoms with Gasteiger partial charge in [0, 0.05) is 6.54 Å². The zero-order chi connectivity index (χ0) is 10.7. The summed E-state index contributed by atoms with van der Waals surface area (Å²) in [6, 6.07) is 2.54. The standard InChI is InChI=1S/C8H7F2N3O/c9-8(10)7-4(2-11)1-6(14)5(3-12)13-7/h1,8,14H,2,11H2. The molecule has 0 atom stereocenters. The van der Waals surface area contributed by atoms with Crippen LogP contribution in [0.1, 0.15) is 23.4 Å². The largest absolute Gasteiger partial charge is 0.505 e. The quantitative estimate of drug-likeness (QED) is 0.745. The number of nitriles is 1. The maximum Gasteiger partial charge on any atom is 0.280 e. The van der Waals surface area contributed by atoms with E-state index >= 15 is 0 Å². The SMILES string of the molecule is N#Cc1nc(C(F)F)c(CN)cc1O. The molecule has 1 heterocycles. The molecule has 0 amide bonds. The molecule has 6 heteroatoms. The molecular weight excluding hydrogens is 192 g/mol. The predicted molar refractivity (Wildman–Crippen MR) is 43.5 cm³/mol. The second kappa shape index (κ2) is 3.98. The van der Waals surface area contributed by atoms with Gasteiger partial charge in [0.15, 0.2) is 11.4 Å². The Balaban J connectivity index is 3.34. The summed E-state index contributed by atoms with van der Waals surface area (Å²) < 4.78 is 24.7. The summed E-state index contributed by atoms with van der Waals surface area (Å²) in [5.74, 6) is -0.433. The molecule has 4 nitrogen and oxygen atoms in total. The molecule has 0 aliphatic heterocycles. The van der Waals surface area contributed by atoms with Crippen LogP contribution in [0.5, 0.6) is 5.75 Å². The molecule has 0 spiro atoms. The number of rotatable bonds is 2. The first-order valence-corrected chi connectivity index (χ1v) is 3.71. The first kappa shape index (κ1) is 10.3. The molecule has 0 radical (unpaired) electrons. The third-order valence-electron chi connectivity index (χ3n) is 1.65. The maximum absolute atomic E-state index is 12.4. The lowest BCUT2D eigenvalue weighted by atomic mass is 10.1. The first-order valence-electron chi connectivity index (χ1n) is 3.71. The highest BCUT2D eigenvalue weighted by Gasteiger charge is 2.17. The van der Waals surface area contributed by atoms with Crippen molar-refractivity contribution in [1.82, 2.24) is 4.98 Å². The van der Waals surface area contributed by atoms with E-state index in [1.807, 2.05) is 0 Å². The molecular formula is C8H7F2N3O.